The van der Waals surface area contributed by atoms with Crippen LogP contribution >= 0.6 is 23.2 Å². The molecule has 1 aromatic carbocycles. The standard InChI is InChI=1S/C12H11Cl2NO3/c1-6-4-3-5-7(2)10(6)15-11(16)8(13)9(14)12(17)18/h3-5H,1-2H3,(H,15,16)(H,17,18)/b9-8-. The Morgan fingerprint density at radius 3 is 2.06 bits per heavy atom. The van der Waals surface area contributed by atoms with Gasteiger partial charge in [-0.1, -0.05) is 41.4 Å². The fraction of sp³-hybridized carbons (Fsp3) is 0.167. The lowest BCUT2D eigenvalue weighted by molar-refractivity contribution is -0.132. The van der Waals surface area contributed by atoms with E-state index >= 15 is 0 Å². The van der Waals surface area contributed by atoms with Gasteiger partial charge in [0, 0.05) is 5.69 Å². The molecule has 0 aromatic heterocycles. The Hall–Kier alpha value is -1.52. The molecule has 0 aliphatic carbocycles. The number of carboxylic acid groups (broad SMARTS) is 1. The number of aryl methyl sites for hydroxylation is 2. The van der Waals surface area contributed by atoms with Gasteiger partial charge in [0.2, 0.25) is 0 Å². The molecule has 0 unspecified atom stereocenters. The van der Waals surface area contributed by atoms with Crippen LogP contribution in [-0.4, -0.2) is 17.0 Å². The third-order valence-corrected chi connectivity index (χ3v) is 3.11. The molecule has 0 radical (unpaired) electrons. The van der Waals surface area contributed by atoms with Gasteiger partial charge in [0.25, 0.3) is 5.91 Å². The van der Waals surface area contributed by atoms with Gasteiger partial charge in [-0.15, -0.1) is 0 Å². The summed E-state index contributed by atoms with van der Waals surface area (Å²) in [4.78, 5) is 22.3. The van der Waals surface area contributed by atoms with E-state index in [9.17, 15) is 9.59 Å². The van der Waals surface area contributed by atoms with Crippen LogP contribution in [0, 0.1) is 13.8 Å². The number of nitrogens with one attached hydrogen (secondary N) is 1. The number of carbonyl (C=O) groups excluding carboxylic acids is 1. The average Bonchev–Trinajstić information content (AvgIpc) is 2.31. The first-order chi connectivity index (χ1) is 8.34. The number of carbonyl (C=O) groups is 2. The molecule has 2 N–H and O–H groups in total. The van der Waals surface area contributed by atoms with E-state index in [4.69, 9.17) is 28.3 Å². The van der Waals surface area contributed by atoms with Gasteiger partial charge in [-0.2, -0.15) is 0 Å². The van der Waals surface area contributed by atoms with Gasteiger partial charge in [0.15, 0.2) is 0 Å². The topological polar surface area (TPSA) is 66.4 Å². The van der Waals surface area contributed by atoms with Crippen LogP contribution in [0.1, 0.15) is 11.1 Å². The molecule has 4 nitrogen and oxygen atoms in total. The van der Waals surface area contributed by atoms with E-state index in [1.165, 1.54) is 0 Å². The van der Waals surface area contributed by atoms with Crippen LogP contribution in [0.2, 0.25) is 0 Å². The van der Waals surface area contributed by atoms with E-state index in [1.54, 1.807) is 0 Å². The van der Waals surface area contributed by atoms with Gasteiger partial charge in [-0.3, -0.25) is 4.79 Å². The second kappa shape index (κ2) is 5.89. The molecule has 1 amide bonds. The zero-order valence-electron chi connectivity index (χ0n) is 9.75. The van der Waals surface area contributed by atoms with Crippen molar-refractivity contribution in [2.24, 2.45) is 0 Å². The van der Waals surface area contributed by atoms with Crippen LogP contribution in [0.4, 0.5) is 5.69 Å². The molecular weight excluding hydrogens is 277 g/mol. The van der Waals surface area contributed by atoms with Gasteiger partial charge in [0.1, 0.15) is 10.1 Å². The summed E-state index contributed by atoms with van der Waals surface area (Å²) < 4.78 is 0. The van der Waals surface area contributed by atoms with Gasteiger partial charge in [-0.05, 0) is 25.0 Å². The van der Waals surface area contributed by atoms with Gasteiger partial charge < -0.3 is 10.4 Å². The lowest BCUT2D eigenvalue weighted by Crippen LogP contribution is -2.15. The molecule has 18 heavy (non-hydrogen) atoms. The average molecular weight is 288 g/mol. The minimum absolute atomic E-state index is 0.549. The molecule has 0 aliphatic rings. The maximum atomic E-state index is 11.7. The number of carboxylic acids is 1. The van der Waals surface area contributed by atoms with Crippen LogP contribution in [0.15, 0.2) is 28.3 Å². The lowest BCUT2D eigenvalue weighted by Gasteiger charge is -2.11. The summed E-state index contributed by atoms with van der Waals surface area (Å²) in [6, 6.07) is 5.49. The number of aliphatic carboxylic acids is 1. The van der Waals surface area contributed by atoms with Crippen LogP contribution in [0.25, 0.3) is 0 Å². The largest absolute Gasteiger partial charge is 0.477 e. The summed E-state index contributed by atoms with van der Waals surface area (Å²) in [7, 11) is 0. The summed E-state index contributed by atoms with van der Waals surface area (Å²) in [6.07, 6.45) is 0. The van der Waals surface area contributed by atoms with Gasteiger partial charge in [-0.25, -0.2) is 4.79 Å². The van der Waals surface area contributed by atoms with Crippen molar-refractivity contribution in [2.45, 2.75) is 13.8 Å². The zero-order valence-corrected chi connectivity index (χ0v) is 11.3. The Morgan fingerprint density at radius 1 is 1.11 bits per heavy atom. The number of anilines is 1. The monoisotopic (exact) mass is 287 g/mol. The smallest absolute Gasteiger partial charge is 0.349 e. The molecule has 6 heteroatoms. The van der Waals surface area contributed by atoms with Crippen LogP contribution < -0.4 is 5.32 Å². The predicted octanol–water partition coefficient (Wildman–Crippen LogP) is 3.02. The first-order valence-corrected chi connectivity index (χ1v) is 5.76. The molecular formula is C12H11Cl2NO3. The maximum absolute atomic E-state index is 11.7. The highest BCUT2D eigenvalue weighted by Crippen LogP contribution is 2.22. The number of hydrogen-bond donors (Lipinski definition) is 2. The quantitative estimate of drug-likeness (QED) is 0.840. The summed E-state index contributed by atoms with van der Waals surface area (Å²) in [5.41, 5.74) is 2.29. The van der Waals surface area contributed by atoms with E-state index in [1.807, 2.05) is 32.0 Å². The fourth-order valence-corrected chi connectivity index (χ4v) is 1.59. The number of benzene rings is 1. The normalized spacial score (nSPS) is 11.8. The SMILES string of the molecule is Cc1cccc(C)c1NC(=O)/C(Cl)=C(/Cl)C(=O)O. The zero-order chi connectivity index (χ0) is 13.9. The summed E-state index contributed by atoms with van der Waals surface area (Å²) >= 11 is 11.0. The first kappa shape index (κ1) is 14.5. The molecule has 0 saturated heterocycles. The summed E-state index contributed by atoms with van der Waals surface area (Å²) in [5.74, 6) is -2.19. The van der Waals surface area contributed by atoms with Crippen molar-refractivity contribution >= 4 is 40.8 Å². The molecule has 0 aliphatic heterocycles. The molecule has 1 rings (SSSR count). The van der Waals surface area contributed by atoms with E-state index in [2.05, 4.69) is 5.32 Å². The molecule has 0 fully saturated rings. The number of halogens is 2. The highest BCUT2D eigenvalue weighted by molar-refractivity contribution is 6.54. The highest BCUT2D eigenvalue weighted by Gasteiger charge is 2.18. The molecule has 0 heterocycles. The number of para-hydroxylation sites is 1. The maximum Gasteiger partial charge on any atom is 0.349 e. The Morgan fingerprint density at radius 2 is 1.61 bits per heavy atom. The molecule has 0 atom stereocenters. The van der Waals surface area contributed by atoms with Crippen molar-refractivity contribution in [3.05, 3.63) is 39.4 Å². The van der Waals surface area contributed by atoms with E-state index in [-0.39, 0.29) is 0 Å². The number of hydrogen-bond acceptors (Lipinski definition) is 2. The second-order valence-electron chi connectivity index (χ2n) is 3.65. The minimum Gasteiger partial charge on any atom is -0.477 e. The van der Waals surface area contributed by atoms with Crippen LogP contribution in [-0.2, 0) is 9.59 Å². The Kier molecular flexibility index (Phi) is 4.76. The molecule has 0 saturated carbocycles. The van der Waals surface area contributed by atoms with Crippen molar-refractivity contribution in [1.29, 1.82) is 0 Å². The first-order valence-electron chi connectivity index (χ1n) is 5.00. The number of amides is 1. The highest BCUT2D eigenvalue weighted by atomic mass is 35.5. The lowest BCUT2D eigenvalue weighted by atomic mass is 10.1. The molecule has 0 spiro atoms. The van der Waals surface area contributed by atoms with E-state index in [0.29, 0.717) is 5.69 Å². The Bertz CT molecular complexity index is 518. The van der Waals surface area contributed by atoms with E-state index in [0.717, 1.165) is 11.1 Å². The predicted molar refractivity (Wildman–Crippen MR) is 70.9 cm³/mol. The number of rotatable bonds is 3. The van der Waals surface area contributed by atoms with Crippen molar-refractivity contribution in [3.8, 4) is 0 Å². The summed E-state index contributed by atoms with van der Waals surface area (Å²) in [5, 5.41) is 9.90. The second-order valence-corrected chi connectivity index (χ2v) is 4.41. The van der Waals surface area contributed by atoms with Crippen molar-refractivity contribution in [1.82, 2.24) is 0 Å². The van der Waals surface area contributed by atoms with Gasteiger partial charge in [0.05, 0.1) is 0 Å². The molecule has 1 aromatic rings. The fourth-order valence-electron chi connectivity index (χ4n) is 1.37. The van der Waals surface area contributed by atoms with Crippen LogP contribution in [0.5, 0.6) is 0 Å². The molecule has 96 valence electrons. The third-order valence-electron chi connectivity index (χ3n) is 2.30. The van der Waals surface area contributed by atoms with Crippen molar-refractivity contribution in [3.63, 3.8) is 0 Å². The van der Waals surface area contributed by atoms with E-state index < -0.39 is 21.9 Å². The van der Waals surface area contributed by atoms with Gasteiger partial charge >= 0.3 is 5.97 Å². The Labute approximate surface area is 114 Å². The van der Waals surface area contributed by atoms with Crippen LogP contribution in [0.3, 0.4) is 0 Å². The minimum atomic E-state index is -1.45. The summed E-state index contributed by atoms with van der Waals surface area (Å²) in [6.45, 7) is 3.64. The molecule has 0 bridgehead atoms. The van der Waals surface area contributed by atoms with Crippen molar-refractivity contribution < 1.29 is 14.7 Å². The van der Waals surface area contributed by atoms with Crippen molar-refractivity contribution in [2.75, 3.05) is 5.32 Å². The Balaban J connectivity index is 3.03. The third kappa shape index (κ3) is 3.24.